The third kappa shape index (κ3) is 1.74. The molecule has 1 aromatic rings. The summed E-state index contributed by atoms with van der Waals surface area (Å²) in [5.41, 5.74) is 6.87. The van der Waals surface area contributed by atoms with Crippen LogP contribution in [0.25, 0.3) is 6.08 Å². The van der Waals surface area contributed by atoms with Crippen LogP contribution in [0.15, 0.2) is 28.0 Å². The molecule has 18 heavy (non-hydrogen) atoms. The van der Waals surface area contributed by atoms with Gasteiger partial charge < -0.3 is 5.73 Å². The van der Waals surface area contributed by atoms with E-state index < -0.39 is 9.84 Å². The third-order valence-corrected chi connectivity index (χ3v) is 5.53. The number of nitrogen functional groups attached to an aromatic ring is 1. The van der Waals surface area contributed by atoms with Crippen LogP contribution in [0.5, 0.6) is 0 Å². The maximum atomic E-state index is 12.4. The van der Waals surface area contributed by atoms with Crippen LogP contribution in [0, 0.1) is 0 Å². The van der Waals surface area contributed by atoms with E-state index in [9.17, 15) is 8.42 Å². The minimum Gasteiger partial charge on any atom is -0.398 e. The molecule has 2 N–H and O–H groups in total. The van der Waals surface area contributed by atoms with Crippen LogP contribution < -0.4 is 5.73 Å². The average molecular weight is 264 g/mol. The summed E-state index contributed by atoms with van der Waals surface area (Å²) in [6, 6.07) is 5.24. The van der Waals surface area contributed by atoms with E-state index in [-0.39, 0.29) is 0 Å². The van der Waals surface area contributed by atoms with E-state index in [1.165, 1.54) is 0 Å². The molecule has 0 aliphatic carbocycles. The van der Waals surface area contributed by atoms with Crippen molar-refractivity contribution in [1.29, 1.82) is 0 Å². The van der Waals surface area contributed by atoms with Gasteiger partial charge in [0.25, 0.3) is 0 Å². The Morgan fingerprint density at radius 2 is 1.94 bits per heavy atom. The summed E-state index contributed by atoms with van der Waals surface area (Å²) in [5, 5.41) is 0. The van der Waals surface area contributed by atoms with Crippen molar-refractivity contribution in [1.82, 2.24) is 4.90 Å². The van der Waals surface area contributed by atoms with Gasteiger partial charge in [0, 0.05) is 6.54 Å². The molecule has 4 nitrogen and oxygen atoms in total. The minimum atomic E-state index is -3.37. The lowest BCUT2D eigenvalue weighted by molar-refractivity contribution is 0.374. The molecule has 3 rings (SSSR count). The first-order valence-electron chi connectivity index (χ1n) is 6.15. The van der Waals surface area contributed by atoms with Crippen LogP contribution >= 0.6 is 0 Å². The molecular formula is C13H16N2O2S. The van der Waals surface area contributed by atoms with Gasteiger partial charge in [-0.3, -0.25) is 4.90 Å². The van der Waals surface area contributed by atoms with E-state index >= 15 is 0 Å². The van der Waals surface area contributed by atoms with Gasteiger partial charge in [-0.2, -0.15) is 0 Å². The number of rotatable bonds is 2. The summed E-state index contributed by atoms with van der Waals surface area (Å²) in [7, 11) is -3.37. The van der Waals surface area contributed by atoms with Gasteiger partial charge in [0.05, 0.1) is 10.6 Å². The smallest absolute Gasteiger partial charge is 0.206 e. The van der Waals surface area contributed by atoms with Crippen molar-refractivity contribution < 1.29 is 8.42 Å². The predicted molar refractivity (Wildman–Crippen MR) is 71.7 cm³/mol. The molecule has 0 amide bonds. The second kappa shape index (κ2) is 4.10. The van der Waals surface area contributed by atoms with Gasteiger partial charge in [-0.05, 0) is 43.6 Å². The van der Waals surface area contributed by atoms with Crippen molar-refractivity contribution in [2.75, 3.05) is 25.4 Å². The Morgan fingerprint density at radius 1 is 1.22 bits per heavy atom. The highest BCUT2D eigenvalue weighted by molar-refractivity contribution is 7.96. The Kier molecular flexibility index (Phi) is 2.68. The number of likely N-dealkylation sites (tertiary alicyclic amines) is 1. The maximum Gasteiger partial charge on any atom is 0.206 e. The van der Waals surface area contributed by atoms with Crippen molar-refractivity contribution in [2.24, 2.45) is 0 Å². The van der Waals surface area contributed by atoms with Gasteiger partial charge >= 0.3 is 0 Å². The van der Waals surface area contributed by atoms with E-state index in [0.717, 1.165) is 31.5 Å². The maximum absolute atomic E-state index is 12.4. The lowest BCUT2D eigenvalue weighted by Crippen LogP contribution is -2.24. The highest BCUT2D eigenvalue weighted by atomic mass is 32.2. The third-order valence-electron chi connectivity index (χ3n) is 3.58. The molecule has 96 valence electrons. The first kappa shape index (κ1) is 11.7. The van der Waals surface area contributed by atoms with Crippen LogP contribution in [-0.2, 0) is 9.84 Å². The van der Waals surface area contributed by atoms with Gasteiger partial charge in [0.1, 0.15) is 4.90 Å². The van der Waals surface area contributed by atoms with Gasteiger partial charge in [0.2, 0.25) is 9.84 Å². The Bertz CT molecular complexity index is 614. The Morgan fingerprint density at radius 3 is 2.61 bits per heavy atom. The van der Waals surface area contributed by atoms with Crippen molar-refractivity contribution in [3.8, 4) is 0 Å². The average Bonchev–Trinajstić information content (AvgIpc) is 2.88. The molecular weight excluding hydrogens is 248 g/mol. The van der Waals surface area contributed by atoms with Gasteiger partial charge in [-0.25, -0.2) is 8.42 Å². The first-order valence-corrected chi connectivity index (χ1v) is 7.64. The molecule has 2 heterocycles. The highest BCUT2D eigenvalue weighted by Crippen LogP contribution is 2.37. The van der Waals surface area contributed by atoms with Gasteiger partial charge in [-0.15, -0.1) is 0 Å². The molecule has 0 bridgehead atoms. The fourth-order valence-corrected chi connectivity index (χ4v) is 4.38. The van der Waals surface area contributed by atoms with Gasteiger partial charge in [0.15, 0.2) is 0 Å². The molecule has 2 aliphatic rings. The number of benzene rings is 1. The van der Waals surface area contributed by atoms with Crippen molar-refractivity contribution in [3.05, 3.63) is 28.7 Å². The van der Waals surface area contributed by atoms with E-state index in [1.54, 1.807) is 24.3 Å². The number of fused-ring (bicyclic) bond motifs is 1. The molecule has 1 fully saturated rings. The summed E-state index contributed by atoms with van der Waals surface area (Å²) in [5.74, 6) is 0. The number of sulfone groups is 1. The monoisotopic (exact) mass is 264 g/mol. The SMILES string of the molecule is Nc1cccc2c1S(=O)(=O)C(CN1CCCC1)=C2. The summed E-state index contributed by atoms with van der Waals surface area (Å²) in [4.78, 5) is 2.96. The zero-order valence-electron chi connectivity index (χ0n) is 10.1. The fourth-order valence-electron chi connectivity index (χ4n) is 2.67. The Hall–Kier alpha value is -1.33. The summed E-state index contributed by atoms with van der Waals surface area (Å²) < 4.78 is 24.8. The molecule has 0 unspecified atom stereocenters. The number of nitrogens with two attached hydrogens (primary N) is 1. The molecule has 0 radical (unpaired) electrons. The fraction of sp³-hybridized carbons (Fsp3) is 0.385. The molecule has 0 atom stereocenters. The topological polar surface area (TPSA) is 63.4 Å². The summed E-state index contributed by atoms with van der Waals surface area (Å²) in [6.45, 7) is 2.48. The largest absolute Gasteiger partial charge is 0.398 e. The van der Waals surface area contributed by atoms with E-state index in [1.807, 2.05) is 0 Å². The van der Waals surface area contributed by atoms with Gasteiger partial charge in [-0.1, -0.05) is 12.1 Å². The zero-order chi connectivity index (χ0) is 12.8. The number of nitrogens with zero attached hydrogens (tertiary/aromatic N) is 1. The molecule has 0 spiro atoms. The Labute approximate surface area is 107 Å². The zero-order valence-corrected chi connectivity index (χ0v) is 10.9. The lowest BCUT2D eigenvalue weighted by atomic mass is 10.2. The molecule has 0 aromatic heterocycles. The molecule has 5 heteroatoms. The molecule has 1 aromatic carbocycles. The van der Waals surface area contributed by atoms with Crippen molar-refractivity contribution >= 4 is 21.6 Å². The molecule has 0 saturated carbocycles. The van der Waals surface area contributed by atoms with E-state index in [4.69, 9.17) is 5.73 Å². The Balaban J connectivity index is 1.97. The summed E-state index contributed by atoms with van der Waals surface area (Å²) in [6.07, 6.45) is 4.07. The number of anilines is 1. The normalized spacial score (nSPS) is 21.9. The van der Waals surface area contributed by atoms with Crippen LogP contribution in [-0.4, -0.2) is 33.0 Å². The van der Waals surface area contributed by atoms with E-state index in [2.05, 4.69) is 4.90 Å². The minimum absolute atomic E-state index is 0.291. The van der Waals surface area contributed by atoms with Crippen LogP contribution in [0.3, 0.4) is 0 Å². The lowest BCUT2D eigenvalue weighted by Gasteiger charge is -2.15. The molecule has 1 saturated heterocycles. The number of hydrogen-bond donors (Lipinski definition) is 1. The molecule has 2 aliphatic heterocycles. The van der Waals surface area contributed by atoms with Crippen LogP contribution in [0.2, 0.25) is 0 Å². The second-order valence-electron chi connectivity index (χ2n) is 4.86. The van der Waals surface area contributed by atoms with Crippen LogP contribution in [0.4, 0.5) is 5.69 Å². The van der Waals surface area contributed by atoms with Crippen LogP contribution in [0.1, 0.15) is 18.4 Å². The van der Waals surface area contributed by atoms with E-state index in [0.29, 0.717) is 22.0 Å². The van der Waals surface area contributed by atoms with Crippen molar-refractivity contribution in [3.63, 3.8) is 0 Å². The quantitative estimate of drug-likeness (QED) is 0.822. The number of hydrogen-bond acceptors (Lipinski definition) is 4. The summed E-state index contributed by atoms with van der Waals surface area (Å²) >= 11 is 0. The highest BCUT2D eigenvalue weighted by Gasteiger charge is 2.32. The predicted octanol–water partition coefficient (Wildman–Crippen LogP) is 1.49. The standard InChI is InChI=1S/C13H16N2O2S/c14-12-5-3-4-10-8-11(18(16,17)13(10)12)9-15-6-1-2-7-15/h3-5,8H,1-2,6-7,9,14H2. The first-order chi connectivity index (χ1) is 8.59. The second-order valence-corrected chi connectivity index (χ2v) is 6.80. The van der Waals surface area contributed by atoms with Crippen molar-refractivity contribution in [2.45, 2.75) is 17.7 Å².